The number of para-hydroxylation sites is 1. The van der Waals surface area contributed by atoms with Crippen molar-refractivity contribution in [1.82, 2.24) is 14.5 Å². The standard InChI is InChI=1S/C21H19N2.C12H8NS.Ir/c1-2-9-16(10-3-1)21-22-19-12-6-11-18-17(15-7-4-5-8-15)13-14-23(21)20(18)19;1-2-6-11-10(5-1)12-9(8-14-11)4-3-7-13-12;/h1-3,6,9,11-13,15H,4-5,7-8,14H2;1-4,6-7H,8H2;/q2*-1;. The number of imidazole rings is 1. The first-order valence-electron chi connectivity index (χ1n) is 13.1. The summed E-state index contributed by atoms with van der Waals surface area (Å²) in [4.78, 5) is 10.6. The minimum absolute atomic E-state index is 0. The topological polar surface area (TPSA) is 30.7 Å². The second-order valence-corrected chi connectivity index (χ2v) is 10.9. The molecule has 0 atom stereocenters. The van der Waals surface area contributed by atoms with Crippen LogP contribution in [0.15, 0.2) is 90.0 Å². The summed E-state index contributed by atoms with van der Waals surface area (Å²) in [7, 11) is 0. The molecule has 1 aliphatic carbocycles. The summed E-state index contributed by atoms with van der Waals surface area (Å²) in [5.41, 5.74) is 10.0. The molecule has 3 aromatic carbocycles. The first-order chi connectivity index (χ1) is 18.4. The van der Waals surface area contributed by atoms with Gasteiger partial charge in [0.15, 0.2) is 0 Å². The second kappa shape index (κ2) is 11.0. The van der Waals surface area contributed by atoms with Gasteiger partial charge in [-0.05, 0) is 42.2 Å². The van der Waals surface area contributed by atoms with Crippen LogP contribution in [0.1, 0.15) is 36.8 Å². The first-order valence-corrected chi connectivity index (χ1v) is 14.1. The van der Waals surface area contributed by atoms with Gasteiger partial charge in [-0.15, -0.1) is 65.7 Å². The number of rotatable bonds is 2. The van der Waals surface area contributed by atoms with Crippen LogP contribution < -0.4 is 0 Å². The van der Waals surface area contributed by atoms with Gasteiger partial charge in [-0.1, -0.05) is 47.6 Å². The van der Waals surface area contributed by atoms with Crippen LogP contribution in [0.2, 0.25) is 0 Å². The molecule has 38 heavy (non-hydrogen) atoms. The minimum Gasteiger partial charge on any atom is -0.360 e. The van der Waals surface area contributed by atoms with E-state index in [2.05, 4.69) is 70.2 Å². The van der Waals surface area contributed by atoms with Crippen molar-refractivity contribution in [3.8, 4) is 22.6 Å². The van der Waals surface area contributed by atoms with E-state index in [9.17, 15) is 0 Å². The zero-order valence-corrected chi connectivity index (χ0v) is 24.2. The predicted molar refractivity (Wildman–Crippen MR) is 152 cm³/mol. The predicted octanol–water partition coefficient (Wildman–Crippen LogP) is 8.24. The van der Waals surface area contributed by atoms with Gasteiger partial charge >= 0.3 is 0 Å². The van der Waals surface area contributed by atoms with Crippen LogP contribution >= 0.6 is 11.8 Å². The second-order valence-electron chi connectivity index (χ2n) is 9.85. The third-order valence-corrected chi connectivity index (χ3v) is 8.75. The Morgan fingerprint density at radius 1 is 0.895 bits per heavy atom. The molecule has 191 valence electrons. The van der Waals surface area contributed by atoms with Crippen molar-refractivity contribution in [3.63, 3.8) is 0 Å². The number of fused-ring (bicyclic) bond motifs is 3. The molecule has 3 nitrogen and oxygen atoms in total. The Hall–Kier alpha value is -2.98. The maximum absolute atomic E-state index is 4.91. The van der Waals surface area contributed by atoms with Crippen molar-refractivity contribution in [2.24, 2.45) is 5.92 Å². The van der Waals surface area contributed by atoms with Crippen molar-refractivity contribution < 1.29 is 20.1 Å². The number of allylic oxidation sites excluding steroid dienone is 2. The van der Waals surface area contributed by atoms with Gasteiger partial charge in [0.25, 0.3) is 0 Å². The van der Waals surface area contributed by atoms with E-state index >= 15 is 0 Å². The van der Waals surface area contributed by atoms with Crippen LogP contribution in [0, 0.1) is 18.1 Å². The van der Waals surface area contributed by atoms with E-state index in [0.29, 0.717) is 0 Å². The van der Waals surface area contributed by atoms with Gasteiger partial charge in [0, 0.05) is 44.2 Å². The van der Waals surface area contributed by atoms with E-state index in [1.807, 2.05) is 48.3 Å². The van der Waals surface area contributed by atoms with Gasteiger partial charge in [-0.3, -0.25) is 4.98 Å². The van der Waals surface area contributed by atoms with Crippen LogP contribution in [0.5, 0.6) is 0 Å². The number of benzene rings is 3. The van der Waals surface area contributed by atoms with E-state index < -0.39 is 0 Å². The maximum atomic E-state index is 4.91. The summed E-state index contributed by atoms with van der Waals surface area (Å²) in [5.74, 6) is 2.80. The molecule has 0 spiro atoms. The van der Waals surface area contributed by atoms with Gasteiger partial charge in [0.1, 0.15) is 0 Å². The van der Waals surface area contributed by atoms with Crippen LogP contribution in [-0.2, 0) is 32.4 Å². The van der Waals surface area contributed by atoms with E-state index in [-0.39, 0.29) is 20.1 Å². The maximum Gasteiger partial charge on any atom is 0.0777 e. The molecule has 2 aliphatic heterocycles. The molecule has 1 saturated carbocycles. The Kier molecular flexibility index (Phi) is 7.34. The zero-order chi connectivity index (χ0) is 24.6. The monoisotopic (exact) mass is 690 g/mol. The Bertz CT molecular complexity index is 1570. The zero-order valence-electron chi connectivity index (χ0n) is 21.0. The first kappa shape index (κ1) is 25.3. The number of pyridine rings is 1. The normalized spacial score (nSPS) is 15.5. The third kappa shape index (κ3) is 4.58. The molecule has 5 heteroatoms. The average molecular weight is 690 g/mol. The molecule has 0 N–H and O–H groups in total. The molecule has 3 aliphatic rings. The summed E-state index contributed by atoms with van der Waals surface area (Å²) in [6, 6.07) is 31.5. The SMILES string of the molecule is [Ir].[c-]1cccc2c1-c1ncccc1CS2.[c-]1ccccc1-c1nc2cccc3c2n1CC=C3C1CCCC1. The molecule has 5 aromatic rings. The Morgan fingerprint density at radius 3 is 2.66 bits per heavy atom. The van der Waals surface area contributed by atoms with Crippen LogP contribution in [-0.4, -0.2) is 14.5 Å². The summed E-state index contributed by atoms with van der Waals surface area (Å²) in [6.07, 6.45) is 9.72. The van der Waals surface area contributed by atoms with Gasteiger partial charge in [-0.2, -0.15) is 11.8 Å². The van der Waals surface area contributed by atoms with Crippen molar-refractivity contribution >= 4 is 28.4 Å². The van der Waals surface area contributed by atoms with Crippen molar-refractivity contribution in [2.45, 2.75) is 42.9 Å². The number of nitrogens with zero attached hydrogens (tertiary/aromatic N) is 3. The van der Waals surface area contributed by atoms with E-state index in [1.165, 1.54) is 47.2 Å². The fourth-order valence-electron chi connectivity index (χ4n) is 5.92. The summed E-state index contributed by atoms with van der Waals surface area (Å²) in [6.45, 7) is 0.928. The largest absolute Gasteiger partial charge is 0.360 e. The number of thioether (sulfide) groups is 1. The molecule has 0 unspecified atom stereocenters. The quantitative estimate of drug-likeness (QED) is 0.175. The average Bonchev–Trinajstić information content (AvgIpc) is 3.64. The van der Waals surface area contributed by atoms with Gasteiger partial charge in [0.05, 0.1) is 16.9 Å². The fourth-order valence-corrected chi connectivity index (χ4v) is 6.94. The van der Waals surface area contributed by atoms with Gasteiger partial charge in [0.2, 0.25) is 0 Å². The van der Waals surface area contributed by atoms with E-state index in [0.717, 1.165) is 46.4 Å². The van der Waals surface area contributed by atoms with Crippen molar-refractivity contribution in [1.29, 1.82) is 0 Å². The summed E-state index contributed by atoms with van der Waals surface area (Å²) >= 11 is 1.86. The van der Waals surface area contributed by atoms with Crippen LogP contribution in [0.4, 0.5) is 0 Å². The van der Waals surface area contributed by atoms with E-state index in [4.69, 9.17) is 4.98 Å². The molecular formula is C33H27IrN3S-2. The Labute approximate surface area is 241 Å². The van der Waals surface area contributed by atoms with Crippen LogP contribution in [0.3, 0.4) is 0 Å². The summed E-state index contributed by atoms with van der Waals surface area (Å²) in [5, 5.41) is 0. The molecule has 2 aromatic heterocycles. The molecule has 0 bridgehead atoms. The van der Waals surface area contributed by atoms with Crippen molar-refractivity contribution in [3.05, 3.63) is 108 Å². The van der Waals surface area contributed by atoms with Gasteiger partial charge < -0.3 is 9.55 Å². The molecule has 1 fully saturated rings. The Morgan fingerprint density at radius 2 is 1.79 bits per heavy atom. The molecular weight excluding hydrogens is 663 g/mol. The van der Waals surface area contributed by atoms with E-state index in [1.54, 1.807) is 5.57 Å². The molecule has 0 amide bonds. The number of hydrogen-bond acceptors (Lipinski definition) is 3. The van der Waals surface area contributed by atoms with Crippen molar-refractivity contribution in [2.75, 3.05) is 0 Å². The molecule has 4 heterocycles. The smallest absolute Gasteiger partial charge is 0.0777 e. The molecule has 8 rings (SSSR count). The fraction of sp³-hybridized carbons (Fsp3) is 0.212. The molecule has 1 radical (unpaired) electrons. The van der Waals surface area contributed by atoms with Crippen LogP contribution in [0.25, 0.3) is 39.3 Å². The summed E-state index contributed by atoms with van der Waals surface area (Å²) < 4.78 is 2.36. The third-order valence-electron chi connectivity index (χ3n) is 7.65. The molecule has 0 saturated heterocycles. The Balaban J connectivity index is 0.000000152. The number of hydrogen-bond donors (Lipinski definition) is 0. The number of aromatic nitrogens is 3. The van der Waals surface area contributed by atoms with Gasteiger partial charge in [-0.25, -0.2) is 0 Å². The minimum atomic E-state index is 0.